The average molecular weight is 556 g/mol. The maximum atomic E-state index is 13.0. The number of carboxylic acids is 1. The number of aryl methyl sites for hydroxylation is 1. The van der Waals surface area contributed by atoms with Crippen LogP contribution in [0.1, 0.15) is 48.2 Å². The summed E-state index contributed by atoms with van der Waals surface area (Å²) < 4.78 is 35.8. The molecule has 9 nitrogen and oxygen atoms in total. The molecule has 1 aliphatic carbocycles. The molecular formula is C27H14Li2N2O7S2. The smallest absolute Gasteiger partial charge is 0.744 e. The SMILES string of the molecule is Cc1ccc2nc(-c3ccc4nc(C5C(=O)c6ccc(C(=O)[O-])cc6C5=O)ccc4c3)sc2c1S(=O)(=O)[O-].[Li+].[Li+]. The van der Waals surface area contributed by atoms with E-state index in [1.807, 2.05) is 0 Å². The maximum absolute atomic E-state index is 13.0. The number of hydrogen-bond donors (Lipinski definition) is 0. The number of ketones is 2. The van der Waals surface area contributed by atoms with Crippen LogP contribution in [0.2, 0.25) is 0 Å². The van der Waals surface area contributed by atoms with Crippen molar-refractivity contribution in [3.05, 3.63) is 88.6 Å². The first kappa shape index (κ1) is 29.8. The van der Waals surface area contributed by atoms with Crippen LogP contribution >= 0.6 is 11.3 Å². The number of aromatic nitrogens is 2. The summed E-state index contributed by atoms with van der Waals surface area (Å²) >= 11 is 1.10. The Bertz CT molecular complexity index is 2010. The Kier molecular flexibility index (Phi) is 7.98. The number of rotatable bonds is 4. The molecule has 1 atom stereocenters. The van der Waals surface area contributed by atoms with E-state index < -0.39 is 33.6 Å². The molecule has 0 saturated heterocycles. The molecule has 6 rings (SSSR count). The number of thiazole rings is 1. The molecule has 0 amide bonds. The van der Waals surface area contributed by atoms with Gasteiger partial charge in [0.05, 0.1) is 32.3 Å². The Hall–Kier alpha value is -3.13. The van der Waals surface area contributed by atoms with Gasteiger partial charge in [0.25, 0.3) is 0 Å². The molecule has 0 spiro atoms. The Balaban J connectivity index is 0.00000185. The number of nitrogens with zero attached hydrogens (tertiary/aromatic N) is 2. The van der Waals surface area contributed by atoms with E-state index in [-0.39, 0.29) is 65.0 Å². The first-order valence-electron chi connectivity index (χ1n) is 11.2. The van der Waals surface area contributed by atoms with Gasteiger partial charge in [0, 0.05) is 22.1 Å². The van der Waals surface area contributed by atoms with Gasteiger partial charge < -0.3 is 14.5 Å². The molecule has 0 saturated carbocycles. The fourth-order valence-electron chi connectivity index (χ4n) is 4.72. The van der Waals surface area contributed by atoms with Gasteiger partial charge in [-0.05, 0) is 60.5 Å². The van der Waals surface area contributed by atoms with Crippen LogP contribution < -0.4 is 42.8 Å². The van der Waals surface area contributed by atoms with E-state index in [0.717, 1.165) is 17.4 Å². The van der Waals surface area contributed by atoms with Gasteiger partial charge in [0.2, 0.25) is 0 Å². The van der Waals surface area contributed by atoms with Crippen molar-refractivity contribution in [1.29, 1.82) is 0 Å². The molecule has 0 N–H and O–H groups in total. The van der Waals surface area contributed by atoms with E-state index in [4.69, 9.17) is 0 Å². The van der Waals surface area contributed by atoms with E-state index in [0.29, 0.717) is 37.3 Å². The van der Waals surface area contributed by atoms with E-state index in [2.05, 4.69) is 9.97 Å². The summed E-state index contributed by atoms with van der Waals surface area (Å²) in [5.41, 5.74) is 2.18. The number of aromatic carboxylic acids is 1. The van der Waals surface area contributed by atoms with Crippen LogP contribution in [0, 0.1) is 6.92 Å². The molecule has 2 heterocycles. The Labute approximate surface area is 255 Å². The number of pyridine rings is 1. The summed E-state index contributed by atoms with van der Waals surface area (Å²) in [6.07, 6.45) is 0. The molecule has 0 bridgehead atoms. The van der Waals surface area contributed by atoms with Gasteiger partial charge in [-0.2, -0.15) is 0 Å². The predicted octanol–water partition coefficient (Wildman–Crippen LogP) is -2.74. The number of carbonyl (C=O) groups is 3. The molecule has 5 aromatic rings. The number of carbonyl (C=O) groups excluding carboxylic acids is 3. The third kappa shape index (κ3) is 4.85. The molecule has 40 heavy (non-hydrogen) atoms. The molecule has 13 heteroatoms. The van der Waals surface area contributed by atoms with Gasteiger partial charge in [-0.15, -0.1) is 11.3 Å². The fourth-order valence-corrected chi connectivity index (χ4v) is 7.00. The van der Waals surface area contributed by atoms with E-state index in [1.165, 1.54) is 12.1 Å². The molecule has 0 fully saturated rings. The quantitative estimate of drug-likeness (QED) is 0.130. The summed E-state index contributed by atoms with van der Waals surface area (Å²) in [4.78, 5) is 45.9. The van der Waals surface area contributed by atoms with Crippen molar-refractivity contribution in [1.82, 2.24) is 9.97 Å². The van der Waals surface area contributed by atoms with E-state index in [9.17, 15) is 32.5 Å². The van der Waals surface area contributed by atoms with Gasteiger partial charge >= 0.3 is 37.7 Å². The largest absolute Gasteiger partial charge is 1.00 e. The summed E-state index contributed by atoms with van der Waals surface area (Å²) in [5, 5.41) is 12.4. The molecule has 2 aromatic heterocycles. The van der Waals surface area contributed by atoms with Crippen molar-refractivity contribution in [3.8, 4) is 10.6 Å². The van der Waals surface area contributed by atoms with Crippen molar-refractivity contribution >= 4 is 60.1 Å². The van der Waals surface area contributed by atoms with E-state index >= 15 is 0 Å². The number of Topliss-reactive ketones (excluding diaryl/α,β-unsaturated/α-hetero) is 2. The van der Waals surface area contributed by atoms with Gasteiger partial charge in [-0.1, -0.05) is 18.2 Å². The molecule has 3 aromatic carbocycles. The number of carboxylic acid groups (broad SMARTS) is 1. The summed E-state index contributed by atoms with van der Waals surface area (Å²) in [6, 6.07) is 15.4. The number of hydrogen-bond acceptors (Lipinski definition) is 10. The van der Waals surface area contributed by atoms with Crippen molar-refractivity contribution < 1.29 is 70.2 Å². The standard InChI is InChI=1S/C27H16N2O7S2.2Li/c1-12-2-7-20-24(25(12)38(34,35)36)37-26(29-20)14-5-8-18-13(10-14)4-9-19(28-18)21-22(30)16-6-3-15(27(32)33)11-17(16)23(21)31;;/h2-11,21H,1H3,(H,32,33)(H,34,35,36);;/q;2*+1/p-2. The van der Waals surface area contributed by atoms with Gasteiger partial charge in [-0.3, -0.25) is 14.6 Å². The van der Waals surface area contributed by atoms with Gasteiger partial charge in [0.15, 0.2) is 11.6 Å². The van der Waals surface area contributed by atoms with Crippen molar-refractivity contribution in [2.75, 3.05) is 0 Å². The molecule has 0 radical (unpaired) electrons. The van der Waals surface area contributed by atoms with Crippen LogP contribution in [-0.4, -0.2) is 40.5 Å². The molecule has 1 aliphatic rings. The molecule has 188 valence electrons. The van der Waals surface area contributed by atoms with Crippen molar-refractivity contribution in [3.63, 3.8) is 0 Å². The fraction of sp³-hybridized carbons (Fsp3) is 0.0741. The predicted molar refractivity (Wildman–Crippen MR) is 135 cm³/mol. The molecular weight excluding hydrogens is 542 g/mol. The Morgan fingerprint density at radius 3 is 2.27 bits per heavy atom. The van der Waals surface area contributed by atoms with Crippen molar-refractivity contribution in [2.24, 2.45) is 0 Å². The molecule has 0 aliphatic heterocycles. The minimum Gasteiger partial charge on any atom is -0.744 e. The third-order valence-corrected chi connectivity index (χ3v) is 8.82. The topological polar surface area (TPSA) is 157 Å². The monoisotopic (exact) mass is 556 g/mol. The zero-order chi connectivity index (χ0) is 26.9. The summed E-state index contributed by atoms with van der Waals surface area (Å²) in [5.74, 6) is -3.59. The second-order valence-corrected chi connectivity index (χ2v) is 11.2. The number of benzene rings is 3. The van der Waals surface area contributed by atoms with Crippen LogP contribution in [-0.2, 0) is 10.1 Å². The zero-order valence-electron chi connectivity index (χ0n) is 21.4. The van der Waals surface area contributed by atoms with E-state index in [1.54, 1.807) is 49.4 Å². The summed E-state index contributed by atoms with van der Waals surface area (Å²) in [7, 11) is -4.69. The normalized spacial score (nSPS) is 14.6. The van der Waals surface area contributed by atoms with Crippen LogP contribution in [0.5, 0.6) is 0 Å². The van der Waals surface area contributed by atoms with Crippen LogP contribution in [0.25, 0.3) is 31.7 Å². The van der Waals surface area contributed by atoms with Crippen LogP contribution in [0.3, 0.4) is 0 Å². The van der Waals surface area contributed by atoms with Gasteiger partial charge in [-0.25, -0.2) is 13.4 Å². The molecule has 1 unspecified atom stereocenters. The van der Waals surface area contributed by atoms with Crippen molar-refractivity contribution in [2.45, 2.75) is 17.7 Å². The summed E-state index contributed by atoms with van der Waals surface area (Å²) in [6.45, 7) is 1.56. The van der Waals surface area contributed by atoms with Crippen LogP contribution in [0.4, 0.5) is 0 Å². The minimum atomic E-state index is -4.69. The second-order valence-electron chi connectivity index (χ2n) is 8.89. The first-order chi connectivity index (χ1) is 18.0. The Morgan fingerprint density at radius 1 is 0.875 bits per heavy atom. The van der Waals surface area contributed by atoms with Gasteiger partial charge in [0.1, 0.15) is 21.0 Å². The first-order valence-corrected chi connectivity index (χ1v) is 13.5. The number of fused-ring (bicyclic) bond motifs is 3. The second kappa shape index (κ2) is 10.7. The van der Waals surface area contributed by atoms with Crippen LogP contribution in [0.15, 0.2) is 65.6 Å². The third-order valence-electron chi connectivity index (χ3n) is 6.52. The Morgan fingerprint density at radius 2 is 1.57 bits per heavy atom. The average Bonchev–Trinajstić information content (AvgIpc) is 3.41. The zero-order valence-corrected chi connectivity index (χ0v) is 23.1. The minimum absolute atomic E-state index is 0. The maximum Gasteiger partial charge on any atom is 1.00 e.